The van der Waals surface area contributed by atoms with E-state index in [4.69, 9.17) is 23.2 Å². The van der Waals surface area contributed by atoms with Gasteiger partial charge in [-0.25, -0.2) is 79.0 Å². The van der Waals surface area contributed by atoms with Crippen LogP contribution in [0.5, 0.6) is 0 Å². The summed E-state index contributed by atoms with van der Waals surface area (Å²) in [4.78, 5) is 0. The lowest BCUT2D eigenvalue weighted by molar-refractivity contribution is 0.373. The maximum absolute atomic E-state index is 12.5. The summed E-state index contributed by atoms with van der Waals surface area (Å²) in [6.07, 6.45) is 0. The molecule has 0 aliphatic heterocycles. The summed E-state index contributed by atoms with van der Waals surface area (Å²) in [5.41, 5.74) is 13.7. The first kappa shape index (κ1) is 93.2. The van der Waals surface area contributed by atoms with E-state index in [0.717, 1.165) is 40.2 Å². The number of rotatable bonds is 0. The van der Waals surface area contributed by atoms with Crippen molar-refractivity contribution >= 4 is 39.1 Å². The van der Waals surface area contributed by atoms with E-state index in [0.29, 0.717) is 39.4 Å². The number of hydrogen-bond donors (Lipinski definition) is 0. The van der Waals surface area contributed by atoms with Gasteiger partial charge in [0.15, 0.2) is 34.9 Å². The molecule has 0 N–H and O–H groups in total. The highest BCUT2D eigenvalue weighted by Crippen LogP contribution is 2.26. The molecule has 0 saturated carbocycles. The highest BCUT2D eigenvalue weighted by Gasteiger charge is 2.23. The number of aryl methyl sites for hydroxylation is 5. The Morgan fingerprint density at radius 2 is 0.500 bits per heavy atom. The smallest absolute Gasteiger partial charge is 0.200 e. The first-order valence-electron chi connectivity index (χ1n) is 31.2. The lowest BCUT2D eigenvalue weighted by Gasteiger charge is -2.15. The lowest BCUT2D eigenvalue weighted by atomic mass is 9.90. The van der Waals surface area contributed by atoms with Gasteiger partial charge in [-0.1, -0.05) is 124 Å². The Bertz CT molecular complexity index is 3900. The van der Waals surface area contributed by atoms with Crippen molar-refractivity contribution in [3.8, 4) is 0 Å². The van der Waals surface area contributed by atoms with E-state index < -0.39 is 92.8 Å². The molecule has 11 aromatic rings. The fourth-order valence-electron chi connectivity index (χ4n) is 7.72. The molecule has 0 radical (unpaired) electrons. The van der Waals surface area contributed by atoms with Crippen molar-refractivity contribution < 1.29 is 79.0 Å². The van der Waals surface area contributed by atoms with Crippen LogP contribution < -0.4 is 0 Å². The summed E-state index contributed by atoms with van der Waals surface area (Å²) in [5.74, 6) is -17.5. The molecule has 0 amide bonds. The summed E-state index contributed by atoms with van der Waals surface area (Å²) in [5, 5.41) is 1.32. The second-order valence-corrected chi connectivity index (χ2v) is 24.6. The van der Waals surface area contributed by atoms with E-state index in [1.165, 1.54) is 114 Å². The van der Waals surface area contributed by atoms with Gasteiger partial charge in [0.25, 0.3) is 0 Å². The molecule has 0 fully saturated rings. The Hall–Kier alpha value is -8.78. The van der Waals surface area contributed by atoms with Crippen LogP contribution in [-0.4, -0.2) is 0 Å². The van der Waals surface area contributed by atoms with Gasteiger partial charge in [-0.05, 0) is 251 Å². The second kappa shape index (κ2) is 46.1. The van der Waals surface area contributed by atoms with Crippen molar-refractivity contribution in [2.75, 3.05) is 0 Å². The number of hydrogen-bond acceptors (Lipinski definition) is 0. The van der Waals surface area contributed by atoms with Gasteiger partial charge in [-0.15, -0.1) is 0 Å². The largest absolute Gasteiger partial charge is 0.207 e. The Morgan fingerprint density at radius 3 is 0.817 bits per heavy atom. The summed E-state index contributed by atoms with van der Waals surface area (Å²) in [6.45, 7) is 30.9. The van der Waals surface area contributed by atoms with Crippen LogP contribution in [0.2, 0.25) is 10.0 Å². The van der Waals surface area contributed by atoms with Crippen molar-refractivity contribution in [1.29, 1.82) is 0 Å². The van der Waals surface area contributed by atoms with Crippen molar-refractivity contribution in [2.24, 2.45) is 0 Å². The lowest BCUT2D eigenvalue weighted by Crippen LogP contribution is -2.03. The van der Waals surface area contributed by atoms with Gasteiger partial charge in [0, 0.05) is 60.5 Å². The second-order valence-electron chi connectivity index (χ2n) is 22.9. The van der Waals surface area contributed by atoms with Crippen LogP contribution in [0.4, 0.5) is 79.0 Å². The van der Waals surface area contributed by atoms with Crippen LogP contribution in [0.3, 0.4) is 0 Å². The predicted molar refractivity (Wildman–Crippen MR) is 388 cm³/mol. The zero-order chi connectivity index (χ0) is 79.7. The maximum Gasteiger partial charge on any atom is 0.200 e. The average molecular weight is 1570 g/mol. The molecule has 558 valence electrons. The van der Waals surface area contributed by atoms with Gasteiger partial charge >= 0.3 is 0 Å². The highest BCUT2D eigenvalue weighted by molar-refractivity contribution is 9.10. The molecule has 21 heteroatoms. The number of halogens is 21. The molecule has 0 saturated heterocycles. The quantitative estimate of drug-likeness (QED) is 0.0806. The van der Waals surface area contributed by atoms with Gasteiger partial charge in [0.05, 0.1) is 0 Å². The van der Waals surface area contributed by atoms with Gasteiger partial charge in [-0.3, -0.25) is 0 Å². The van der Waals surface area contributed by atoms with E-state index in [9.17, 15) is 79.0 Å². The molecule has 0 aromatic heterocycles. The summed E-state index contributed by atoms with van der Waals surface area (Å²) in [7, 11) is 0. The minimum atomic E-state index is -2.13. The molecule has 0 bridgehead atoms. The maximum atomic E-state index is 12.5. The molecular weight excluding hydrogens is 1490 g/mol. The zero-order valence-electron chi connectivity index (χ0n) is 60.1. The Morgan fingerprint density at radius 1 is 0.192 bits per heavy atom. The van der Waals surface area contributed by atoms with Crippen LogP contribution >= 0.6 is 39.1 Å². The number of benzene rings is 11. The molecular formula is C83H79BrCl2F18. The summed E-state index contributed by atoms with van der Waals surface area (Å²) < 4.78 is 223. The molecule has 0 aliphatic carbocycles. The van der Waals surface area contributed by atoms with Crippen molar-refractivity contribution in [3.05, 3.63) is 384 Å². The molecule has 104 heavy (non-hydrogen) atoms. The third kappa shape index (κ3) is 30.9. The molecule has 0 nitrogen and oxygen atoms in total. The molecule has 0 atom stereocenters. The monoisotopic (exact) mass is 1570 g/mol. The molecule has 11 rings (SSSR count). The fraction of sp³-hybridized carbons (Fsp3) is 0.205. The molecule has 0 unspecified atom stereocenters. The molecule has 0 spiro atoms. The summed E-state index contributed by atoms with van der Waals surface area (Å²) in [6, 6.07) is 42.7. The van der Waals surface area contributed by atoms with E-state index in [-0.39, 0.29) is 34.1 Å². The summed E-state index contributed by atoms with van der Waals surface area (Å²) >= 11 is 14.5. The topological polar surface area (TPSA) is 0 Å². The third-order valence-corrected chi connectivity index (χ3v) is 17.3. The normalized spacial score (nSPS) is 9.83. The van der Waals surface area contributed by atoms with Crippen LogP contribution in [0.15, 0.2) is 174 Å². The minimum absolute atomic E-state index is 0.0810. The van der Waals surface area contributed by atoms with Gasteiger partial charge < -0.3 is 0 Å². The van der Waals surface area contributed by atoms with Crippen molar-refractivity contribution in [1.82, 2.24) is 0 Å². The van der Waals surface area contributed by atoms with Crippen LogP contribution in [-0.2, 0) is 0 Å². The van der Waals surface area contributed by atoms with Crippen LogP contribution in [0.1, 0.15) is 94.6 Å². The Kier molecular flexibility index (Phi) is 41.4. The Labute approximate surface area is 616 Å². The van der Waals surface area contributed by atoms with E-state index >= 15 is 0 Å². The third-order valence-electron chi connectivity index (χ3n) is 15.6. The van der Waals surface area contributed by atoms with Gasteiger partial charge in [-0.2, -0.15) is 0 Å². The molecule has 0 heterocycles. The van der Waals surface area contributed by atoms with E-state index in [2.05, 4.69) is 95.6 Å². The van der Waals surface area contributed by atoms with Crippen molar-refractivity contribution in [2.45, 2.75) is 118 Å². The van der Waals surface area contributed by atoms with Crippen molar-refractivity contribution in [3.63, 3.8) is 0 Å². The SMILES string of the molecule is Cc1c(C)c(C)c(C)c(C)c1C.Cc1c(F)c(F)c(F)c(F)c1F.Cc1c(F)cc(F)cc1F.Cc1c(F)ccc(F)c1F.Cc1c(F)cccc1Br.Cc1c(F)cccc1Cl.Cc1c(F)cccc1F.Cc1ccc(F)cc1F.Cc1ccccc1C.Cc1ccccc1Cl.Cc1ccccc1F. The van der Waals surface area contributed by atoms with E-state index in [1.54, 1.807) is 58.0 Å². The van der Waals surface area contributed by atoms with E-state index in [1.807, 2.05) is 43.3 Å². The highest BCUT2D eigenvalue weighted by atomic mass is 79.9. The standard InChI is InChI=1S/C12H18.C8H10.C7H6BrF.C7H6ClF.C7H7Cl.C7H3F5.2C7H5F3.2C7H6F2.C7H7F/c1-7-8(2)10(4)12(6)11(5)9(7)3;1-7-5-3-4-6-8(7)2;2*1-5-6(8)3-2-4-7(5)9;1-6-4-2-3-5-7(6)8;1-2-3(8)5(10)7(12)6(11)4(2)9;1-4-6(9)2-5(8)3-7(4)10;1-4-5(8)2-3-6(9)7(4)10;1-5-2-3-6(8)4-7(5)9;1-5-6(8)3-2-4-7(5)9;1-6-4-2-3-5-7(6)8/h1-6H3;3-6H,1-2H3;2*2-4H,1H3;2-5H,1H3;1H3;2*2-3H,1H3;2*2-4H,1H3;2-5H,1H3. The molecule has 11 aromatic carbocycles. The molecule has 0 aliphatic rings. The fourth-order valence-corrected chi connectivity index (χ4v) is 8.36. The Balaban J connectivity index is 0.000000573. The van der Waals surface area contributed by atoms with Gasteiger partial charge in [0.1, 0.15) is 64.0 Å². The van der Waals surface area contributed by atoms with Gasteiger partial charge in [0.2, 0.25) is 5.82 Å². The predicted octanol–water partition coefficient (Wildman–Crippen LogP) is 28.4. The zero-order valence-corrected chi connectivity index (χ0v) is 63.2. The van der Waals surface area contributed by atoms with Crippen LogP contribution in [0.25, 0.3) is 0 Å². The van der Waals surface area contributed by atoms with Crippen LogP contribution in [0, 0.1) is 222 Å². The average Bonchev–Trinajstić information content (AvgIpc) is 0.812. The first-order chi connectivity index (χ1) is 48.4. The first-order valence-corrected chi connectivity index (χ1v) is 32.8. The minimum Gasteiger partial charge on any atom is -0.207 e.